The van der Waals surface area contributed by atoms with Gasteiger partial charge in [0.25, 0.3) is 0 Å². The molecule has 0 amide bonds. The molecule has 0 N–H and O–H groups in total. The summed E-state index contributed by atoms with van der Waals surface area (Å²) < 4.78 is 18.0. The molecule has 1 heterocycles. The van der Waals surface area contributed by atoms with Crippen molar-refractivity contribution in [2.24, 2.45) is 11.8 Å². The summed E-state index contributed by atoms with van der Waals surface area (Å²) in [6.45, 7) is 14.3. The maximum absolute atomic E-state index is 13.7. The largest absolute Gasteiger partial charge is 0.497 e. The van der Waals surface area contributed by atoms with E-state index in [0.717, 1.165) is 43.9 Å². The Morgan fingerprint density at radius 1 is 1.00 bits per heavy atom. The van der Waals surface area contributed by atoms with Crippen LogP contribution in [-0.4, -0.2) is 52.0 Å². The van der Waals surface area contributed by atoms with E-state index < -0.39 is 8.32 Å². The molecule has 1 saturated heterocycles. The van der Waals surface area contributed by atoms with Crippen molar-refractivity contribution in [3.8, 4) is 5.75 Å². The third-order valence-electron chi connectivity index (χ3n) is 9.18. The third kappa shape index (κ3) is 6.88. The topological polar surface area (TPSA) is 48.0 Å². The zero-order chi connectivity index (χ0) is 27.3. The lowest BCUT2D eigenvalue weighted by atomic mass is 9.90. The van der Waals surface area contributed by atoms with Gasteiger partial charge in [0, 0.05) is 31.5 Å². The van der Waals surface area contributed by atoms with Gasteiger partial charge in [-0.3, -0.25) is 9.69 Å². The van der Waals surface area contributed by atoms with Crippen LogP contribution in [0, 0.1) is 11.8 Å². The number of carbonyl (C=O) groups excluding carboxylic acids is 1. The minimum absolute atomic E-state index is 0.0782. The van der Waals surface area contributed by atoms with E-state index in [1.54, 1.807) is 7.11 Å². The molecule has 0 radical (unpaired) electrons. The fraction of sp³-hybridized carbons (Fsp3) is 0.594. The highest BCUT2D eigenvalue weighted by molar-refractivity contribution is 6.74. The van der Waals surface area contributed by atoms with Gasteiger partial charge in [0.15, 0.2) is 8.32 Å². The van der Waals surface area contributed by atoms with Crippen LogP contribution in [-0.2, 0) is 20.6 Å². The number of benzene rings is 2. The number of likely N-dealkylation sites (tertiary alicyclic amines) is 1. The van der Waals surface area contributed by atoms with Gasteiger partial charge in [-0.25, -0.2) is 0 Å². The second-order valence-corrected chi connectivity index (χ2v) is 17.6. The van der Waals surface area contributed by atoms with Crippen LogP contribution in [0.15, 0.2) is 54.6 Å². The van der Waals surface area contributed by atoms with Gasteiger partial charge in [0.05, 0.1) is 7.11 Å². The van der Waals surface area contributed by atoms with Gasteiger partial charge in [0.1, 0.15) is 18.4 Å². The van der Waals surface area contributed by atoms with Crippen molar-refractivity contribution in [2.75, 3.05) is 26.8 Å². The Hall–Kier alpha value is -2.15. The van der Waals surface area contributed by atoms with Crippen LogP contribution in [0.1, 0.15) is 63.5 Å². The Balaban J connectivity index is 1.51. The van der Waals surface area contributed by atoms with Gasteiger partial charge in [-0.05, 0) is 60.2 Å². The van der Waals surface area contributed by atoms with E-state index in [0.29, 0.717) is 24.4 Å². The monoisotopic (exact) mass is 537 g/mol. The quantitative estimate of drug-likeness (QED) is 0.240. The molecule has 1 aliphatic carbocycles. The molecule has 1 saturated carbocycles. The molecule has 0 spiro atoms. The second-order valence-electron chi connectivity index (χ2n) is 12.7. The molecular formula is C32H47NO4Si. The predicted molar refractivity (Wildman–Crippen MR) is 156 cm³/mol. The minimum Gasteiger partial charge on any atom is -0.497 e. The van der Waals surface area contributed by atoms with Crippen LogP contribution in [0.4, 0.5) is 0 Å². The second kappa shape index (κ2) is 12.4. The number of carbonyl (C=O) groups is 1. The van der Waals surface area contributed by atoms with Crippen LogP contribution in [0.25, 0.3) is 0 Å². The summed E-state index contributed by atoms with van der Waals surface area (Å²) in [4.78, 5) is 16.1. The van der Waals surface area contributed by atoms with Crippen molar-refractivity contribution in [1.29, 1.82) is 0 Å². The summed E-state index contributed by atoms with van der Waals surface area (Å²) in [5.41, 5.74) is 2.32. The summed E-state index contributed by atoms with van der Waals surface area (Å²) in [6.07, 6.45) is 4.58. The molecule has 6 heteroatoms. The van der Waals surface area contributed by atoms with Gasteiger partial charge in [-0.15, -0.1) is 0 Å². The van der Waals surface area contributed by atoms with Crippen molar-refractivity contribution in [3.63, 3.8) is 0 Å². The molecule has 0 bridgehead atoms. The van der Waals surface area contributed by atoms with Crippen molar-refractivity contribution in [2.45, 2.75) is 83.2 Å². The number of nitrogens with zero attached hydrogens (tertiary/aromatic N) is 1. The first-order chi connectivity index (χ1) is 18.1. The number of methoxy groups -OCH3 is 1. The average Bonchev–Trinajstić information content (AvgIpc) is 3.57. The molecule has 2 aromatic carbocycles. The first-order valence-electron chi connectivity index (χ1n) is 14.3. The van der Waals surface area contributed by atoms with Gasteiger partial charge in [-0.1, -0.05) is 76.1 Å². The number of rotatable bonds is 10. The lowest BCUT2D eigenvalue weighted by Gasteiger charge is -2.37. The van der Waals surface area contributed by atoms with E-state index in [1.165, 1.54) is 18.4 Å². The molecule has 208 valence electrons. The van der Waals surface area contributed by atoms with E-state index in [9.17, 15) is 4.79 Å². The fourth-order valence-corrected chi connectivity index (χ4v) is 6.85. The van der Waals surface area contributed by atoms with Crippen LogP contribution in [0.2, 0.25) is 18.1 Å². The average molecular weight is 538 g/mol. The highest BCUT2D eigenvalue weighted by Crippen LogP contribution is 2.41. The fourth-order valence-electron chi connectivity index (χ4n) is 5.78. The van der Waals surface area contributed by atoms with E-state index in [1.807, 2.05) is 24.3 Å². The van der Waals surface area contributed by atoms with E-state index >= 15 is 0 Å². The molecule has 2 aromatic rings. The molecule has 5 nitrogen and oxygen atoms in total. The summed E-state index contributed by atoms with van der Waals surface area (Å²) in [5.74, 6) is 1.78. The molecule has 0 aromatic heterocycles. The first-order valence-corrected chi connectivity index (χ1v) is 17.2. The number of hydrogen-bond donors (Lipinski definition) is 0. The van der Waals surface area contributed by atoms with Crippen molar-refractivity contribution >= 4 is 14.3 Å². The maximum Gasteiger partial charge on any atom is 0.323 e. The Kier molecular flexibility index (Phi) is 9.38. The lowest BCUT2D eigenvalue weighted by Crippen LogP contribution is -2.46. The number of hydrogen-bond acceptors (Lipinski definition) is 5. The SMILES string of the molecule is COc1ccc(COC(=O)C(C2CCCC2)N2C[C@H](CO[Si](C)(C)C(C)(C)C)[C@@H](c3ccccc3)C2)cc1. The zero-order valence-electron chi connectivity index (χ0n) is 24.2. The van der Waals surface area contributed by atoms with Gasteiger partial charge >= 0.3 is 5.97 Å². The Morgan fingerprint density at radius 2 is 1.66 bits per heavy atom. The van der Waals surface area contributed by atoms with Crippen LogP contribution in [0.5, 0.6) is 5.75 Å². The third-order valence-corrected chi connectivity index (χ3v) is 13.7. The standard InChI is InChI=1S/C32H47NO4Si/c1-32(2,3)38(5,6)37-23-27-20-33(21-29(27)25-12-8-7-9-13-25)30(26-14-10-11-15-26)31(34)36-22-24-16-18-28(35-4)19-17-24/h7-9,12-13,16-19,26-27,29-30H,10-11,14-15,20-23H2,1-6H3/t27-,29-,30?/m1/s1. The summed E-state index contributed by atoms with van der Waals surface area (Å²) in [6, 6.07) is 18.4. The van der Waals surface area contributed by atoms with Crippen molar-refractivity contribution in [3.05, 3.63) is 65.7 Å². The zero-order valence-corrected chi connectivity index (χ0v) is 25.2. The highest BCUT2D eigenvalue weighted by Gasteiger charge is 2.45. The molecule has 1 aliphatic heterocycles. The normalized spacial score (nSPS) is 21.9. The van der Waals surface area contributed by atoms with E-state index in [-0.39, 0.29) is 17.0 Å². The van der Waals surface area contributed by atoms with Crippen LogP contribution < -0.4 is 4.74 Å². The molecule has 1 unspecified atom stereocenters. The molecule has 2 fully saturated rings. The molecule has 4 rings (SSSR count). The van der Waals surface area contributed by atoms with Gasteiger partial charge in [0.2, 0.25) is 0 Å². The van der Waals surface area contributed by atoms with Crippen LogP contribution in [0.3, 0.4) is 0 Å². The highest BCUT2D eigenvalue weighted by atomic mass is 28.4. The maximum atomic E-state index is 13.7. The number of ether oxygens (including phenoxy) is 2. The van der Waals surface area contributed by atoms with Crippen LogP contribution >= 0.6 is 0 Å². The summed E-state index contributed by atoms with van der Waals surface area (Å²) in [5, 5.41) is 0.172. The molecular weight excluding hydrogens is 490 g/mol. The van der Waals surface area contributed by atoms with Gasteiger partial charge < -0.3 is 13.9 Å². The Bertz CT molecular complexity index is 1030. The minimum atomic E-state index is -1.88. The van der Waals surface area contributed by atoms with Crippen molar-refractivity contribution in [1.82, 2.24) is 4.90 Å². The molecule has 38 heavy (non-hydrogen) atoms. The lowest BCUT2D eigenvalue weighted by molar-refractivity contribution is -0.153. The number of esters is 1. The summed E-state index contributed by atoms with van der Waals surface area (Å²) in [7, 11) is -0.218. The molecule has 3 atom stereocenters. The van der Waals surface area contributed by atoms with Gasteiger partial charge in [-0.2, -0.15) is 0 Å². The smallest absolute Gasteiger partial charge is 0.323 e. The summed E-state index contributed by atoms with van der Waals surface area (Å²) >= 11 is 0. The Labute approximate surface area is 231 Å². The van der Waals surface area contributed by atoms with Crippen molar-refractivity contribution < 1.29 is 18.7 Å². The molecule has 2 aliphatic rings. The Morgan fingerprint density at radius 3 is 2.26 bits per heavy atom. The predicted octanol–water partition coefficient (Wildman–Crippen LogP) is 7.03. The van der Waals surface area contributed by atoms with E-state index in [2.05, 4.69) is 69.1 Å². The van der Waals surface area contributed by atoms with E-state index in [4.69, 9.17) is 13.9 Å². The first kappa shape index (κ1) is 28.8.